The molecule has 0 aliphatic heterocycles. The second-order valence-electron chi connectivity index (χ2n) is 5.78. The van der Waals surface area contributed by atoms with E-state index in [1.807, 2.05) is 43.6 Å². The molecule has 0 saturated carbocycles. The smallest absolute Gasteiger partial charge is 0.321 e. The highest BCUT2D eigenvalue weighted by Crippen LogP contribution is 2.15. The zero-order valence-electron chi connectivity index (χ0n) is 14.7. The highest BCUT2D eigenvalue weighted by Gasteiger charge is 2.30. The highest BCUT2D eigenvalue weighted by molar-refractivity contribution is 7.98. The number of hydrogen-bond acceptors (Lipinski definition) is 3. The van der Waals surface area contributed by atoms with Gasteiger partial charge in [-0.1, -0.05) is 42.5 Å². The summed E-state index contributed by atoms with van der Waals surface area (Å²) in [6, 6.07) is 16.9. The quantitative estimate of drug-likeness (QED) is 0.688. The Balaban J connectivity index is 2.21. The molecule has 0 heterocycles. The number of rotatable bonds is 6. The molecule has 2 atom stereocenters. The minimum Gasteiger partial charge on any atom is -0.341 e. The van der Waals surface area contributed by atoms with Crippen LogP contribution in [0.25, 0.3) is 0 Å². The van der Waals surface area contributed by atoms with Gasteiger partial charge in [-0.25, -0.2) is 4.79 Å². The lowest BCUT2D eigenvalue weighted by molar-refractivity contribution is -0.916. The van der Waals surface area contributed by atoms with E-state index in [2.05, 4.69) is 34.9 Å². The number of hydrogen-bond donors (Lipinski definition) is 3. The number of urea groups is 1. The van der Waals surface area contributed by atoms with Crippen LogP contribution in [0.15, 0.2) is 59.5 Å². The van der Waals surface area contributed by atoms with Crippen LogP contribution in [-0.2, 0) is 11.3 Å². The summed E-state index contributed by atoms with van der Waals surface area (Å²) in [5.41, 5.74) is 2.02. The van der Waals surface area contributed by atoms with Gasteiger partial charge >= 0.3 is 6.03 Å². The minimum atomic E-state index is -0.497. The van der Waals surface area contributed by atoms with Gasteiger partial charge in [0.15, 0.2) is 6.04 Å². The number of thioether (sulfide) groups is 1. The van der Waals surface area contributed by atoms with E-state index in [0.29, 0.717) is 6.54 Å². The van der Waals surface area contributed by atoms with Gasteiger partial charge < -0.3 is 10.2 Å². The Kier molecular flexibility index (Phi) is 7.03. The molecule has 2 rings (SSSR count). The van der Waals surface area contributed by atoms with Crippen molar-refractivity contribution in [3.63, 3.8) is 0 Å². The van der Waals surface area contributed by atoms with Crippen molar-refractivity contribution in [2.45, 2.75) is 17.5 Å². The van der Waals surface area contributed by atoms with Gasteiger partial charge in [0.1, 0.15) is 6.54 Å². The van der Waals surface area contributed by atoms with Crippen LogP contribution in [0.2, 0.25) is 0 Å². The van der Waals surface area contributed by atoms with E-state index in [0.717, 1.165) is 16.0 Å². The number of amides is 3. The van der Waals surface area contributed by atoms with Gasteiger partial charge in [-0.15, -0.1) is 11.8 Å². The van der Waals surface area contributed by atoms with Crippen molar-refractivity contribution < 1.29 is 14.5 Å². The number of benzene rings is 2. The lowest BCUT2D eigenvalue weighted by atomic mass is 10.0. The molecule has 3 amide bonds. The van der Waals surface area contributed by atoms with Crippen LogP contribution in [0.3, 0.4) is 0 Å². The molecule has 25 heavy (non-hydrogen) atoms. The maximum atomic E-state index is 12.6. The summed E-state index contributed by atoms with van der Waals surface area (Å²) in [4.78, 5) is 26.4. The van der Waals surface area contributed by atoms with Crippen LogP contribution >= 0.6 is 11.8 Å². The number of imide groups is 1. The summed E-state index contributed by atoms with van der Waals surface area (Å²) in [6.45, 7) is 0.676. The molecular formula is C19H24N3O2S+. The van der Waals surface area contributed by atoms with Gasteiger partial charge in [-0.3, -0.25) is 10.1 Å². The monoisotopic (exact) mass is 358 g/mol. The standard InChI is InChI=1S/C19H23N3O2S/c1-20-19(24)21-18(23)17(15-7-5-4-6-8-15)22(2)13-14-9-11-16(25-3)12-10-14/h4-12,17H,13H2,1-3H3,(H2,20,21,23,24)/p+1/t17-/m0/s1. The Bertz CT molecular complexity index is 704. The first-order chi connectivity index (χ1) is 12.0. The zero-order valence-corrected chi connectivity index (χ0v) is 15.5. The average molecular weight is 358 g/mol. The molecule has 0 aliphatic carbocycles. The number of quaternary nitrogens is 1. The molecular weight excluding hydrogens is 334 g/mol. The largest absolute Gasteiger partial charge is 0.341 e. The minimum absolute atomic E-state index is 0.316. The van der Waals surface area contributed by atoms with Gasteiger partial charge in [0, 0.05) is 23.1 Å². The SMILES string of the molecule is CNC(=O)NC(=O)[C@H](c1ccccc1)[NH+](C)Cc1ccc(SC)cc1. The van der Waals surface area contributed by atoms with Crippen LogP contribution in [0.1, 0.15) is 17.2 Å². The van der Waals surface area contributed by atoms with Crippen molar-refractivity contribution in [2.75, 3.05) is 20.4 Å². The summed E-state index contributed by atoms with van der Waals surface area (Å²) in [7, 11) is 3.45. The molecule has 0 fully saturated rings. The highest BCUT2D eigenvalue weighted by atomic mass is 32.2. The summed E-state index contributed by atoms with van der Waals surface area (Å²) < 4.78 is 0. The Hall–Kier alpha value is -2.31. The first kappa shape index (κ1) is 19.0. The topological polar surface area (TPSA) is 62.6 Å². The Morgan fingerprint density at radius 2 is 1.72 bits per heavy atom. The molecule has 3 N–H and O–H groups in total. The van der Waals surface area contributed by atoms with Gasteiger partial charge in [0.25, 0.3) is 5.91 Å². The van der Waals surface area contributed by atoms with E-state index in [1.54, 1.807) is 11.8 Å². The van der Waals surface area contributed by atoms with Gasteiger partial charge in [-0.05, 0) is 18.4 Å². The third-order valence-electron chi connectivity index (χ3n) is 3.99. The van der Waals surface area contributed by atoms with Crippen molar-refractivity contribution in [3.05, 3.63) is 65.7 Å². The van der Waals surface area contributed by atoms with E-state index in [-0.39, 0.29) is 5.91 Å². The summed E-state index contributed by atoms with van der Waals surface area (Å²) in [5.74, 6) is -0.316. The molecule has 0 spiro atoms. The van der Waals surface area contributed by atoms with Crippen LogP contribution in [0.5, 0.6) is 0 Å². The molecule has 1 unspecified atom stereocenters. The van der Waals surface area contributed by atoms with Crippen LogP contribution in [-0.4, -0.2) is 32.3 Å². The maximum Gasteiger partial charge on any atom is 0.321 e. The van der Waals surface area contributed by atoms with Crippen molar-refractivity contribution in [2.24, 2.45) is 0 Å². The number of carbonyl (C=O) groups excluding carboxylic acids is 2. The van der Waals surface area contributed by atoms with Gasteiger partial charge in [0.05, 0.1) is 7.05 Å². The zero-order chi connectivity index (χ0) is 18.2. The molecule has 0 saturated heterocycles. The van der Waals surface area contributed by atoms with Crippen molar-refractivity contribution >= 4 is 23.7 Å². The second kappa shape index (κ2) is 9.25. The molecule has 5 nitrogen and oxygen atoms in total. The molecule has 0 aliphatic rings. The van der Waals surface area contributed by atoms with Gasteiger partial charge in [0.2, 0.25) is 0 Å². The Morgan fingerprint density at radius 3 is 2.28 bits per heavy atom. The summed E-state index contributed by atoms with van der Waals surface area (Å²) in [6.07, 6.45) is 2.04. The van der Waals surface area contributed by atoms with E-state index in [9.17, 15) is 9.59 Å². The molecule has 2 aromatic rings. The number of nitrogens with one attached hydrogen (secondary N) is 3. The Labute approximate surface area is 152 Å². The fraction of sp³-hybridized carbons (Fsp3) is 0.263. The van der Waals surface area contributed by atoms with E-state index in [4.69, 9.17) is 0 Å². The van der Waals surface area contributed by atoms with Crippen LogP contribution in [0, 0.1) is 0 Å². The third-order valence-corrected chi connectivity index (χ3v) is 4.74. The van der Waals surface area contributed by atoms with E-state index in [1.165, 1.54) is 11.9 Å². The molecule has 0 aromatic heterocycles. The van der Waals surface area contributed by atoms with Crippen LogP contribution < -0.4 is 15.5 Å². The predicted molar refractivity (Wildman–Crippen MR) is 101 cm³/mol. The predicted octanol–water partition coefficient (Wildman–Crippen LogP) is 1.62. The normalized spacial score (nSPS) is 12.9. The van der Waals surface area contributed by atoms with Gasteiger partial charge in [-0.2, -0.15) is 0 Å². The molecule has 0 radical (unpaired) electrons. The summed E-state index contributed by atoms with van der Waals surface area (Å²) >= 11 is 1.70. The second-order valence-corrected chi connectivity index (χ2v) is 6.66. The number of likely N-dealkylation sites (N-methyl/N-ethyl adjacent to an activating group) is 1. The van der Waals surface area contributed by atoms with Crippen molar-refractivity contribution in [1.82, 2.24) is 10.6 Å². The Morgan fingerprint density at radius 1 is 1.08 bits per heavy atom. The first-order valence-electron chi connectivity index (χ1n) is 8.08. The third kappa shape index (κ3) is 5.34. The number of carbonyl (C=O) groups is 2. The van der Waals surface area contributed by atoms with Crippen LogP contribution in [0.4, 0.5) is 4.79 Å². The fourth-order valence-electron chi connectivity index (χ4n) is 2.72. The molecule has 6 heteroatoms. The van der Waals surface area contributed by atoms with E-state index < -0.39 is 12.1 Å². The fourth-order valence-corrected chi connectivity index (χ4v) is 3.13. The van der Waals surface area contributed by atoms with Crippen molar-refractivity contribution in [1.29, 1.82) is 0 Å². The van der Waals surface area contributed by atoms with Crippen molar-refractivity contribution in [3.8, 4) is 0 Å². The molecule has 0 bridgehead atoms. The lowest BCUT2D eigenvalue weighted by Crippen LogP contribution is -3.09. The molecule has 2 aromatic carbocycles. The van der Waals surface area contributed by atoms with E-state index >= 15 is 0 Å². The summed E-state index contributed by atoms with van der Waals surface area (Å²) in [5, 5.41) is 4.82. The maximum absolute atomic E-state index is 12.6. The molecule has 132 valence electrons. The average Bonchev–Trinajstić information content (AvgIpc) is 2.63. The lowest BCUT2D eigenvalue weighted by Gasteiger charge is -2.24. The first-order valence-corrected chi connectivity index (χ1v) is 9.30.